The zero-order valence-corrected chi connectivity index (χ0v) is 14.0. The fourth-order valence-electron chi connectivity index (χ4n) is 1.86. The maximum absolute atomic E-state index is 4.14. The second kappa shape index (κ2) is 11.5. The maximum atomic E-state index is 4.14. The molecule has 0 saturated carbocycles. The molecule has 0 amide bonds. The zero-order chi connectivity index (χ0) is 15.4. The summed E-state index contributed by atoms with van der Waals surface area (Å²) >= 11 is 0. The van der Waals surface area contributed by atoms with Crippen molar-refractivity contribution in [1.29, 1.82) is 0 Å². The van der Waals surface area contributed by atoms with E-state index in [1.165, 1.54) is 22.3 Å². The normalized spacial score (nSPS) is 10.4. The average Bonchev–Trinajstić information content (AvgIpc) is 2.33. The van der Waals surface area contributed by atoms with Crippen molar-refractivity contribution >= 4 is 0 Å². The molecule has 0 saturated heterocycles. The van der Waals surface area contributed by atoms with Gasteiger partial charge in [-0.15, -0.1) is 0 Å². The molecule has 0 nitrogen and oxygen atoms in total. The highest BCUT2D eigenvalue weighted by Gasteiger charge is 1.93. The standard InChI is InChI=1S/C20H32/c1-17(2)11-9-15-19(5)13-7-8-14-20(6)16-10-12-18(3)4/h7,11-13H,5-6,8-10,14-16H2,1-4H3/b13-7+. The van der Waals surface area contributed by atoms with Crippen LogP contribution in [0.5, 0.6) is 0 Å². The Hall–Kier alpha value is -1.30. The maximum Gasteiger partial charge on any atom is -0.0250 e. The highest BCUT2D eigenvalue weighted by Crippen LogP contribution is 2.13. The van der Waals surface area contributed by atoms with Crippen LogP contribution in [0.15, 0.2) is 59.8 Å². The molecule has 0 aromatic carbocycles. The summed E-state index contributed by atoms with van der Waals surface area (Å²) in [5.74, 6) is 0. The summed E-state index contributed by atoms with van der Waals surface area (Å²) in [7, 11) is 0. The molecule has 0 aliphatic carbocycles. The SMILES string of the molecule is C=C(/C=C/CCC(=C)CCC=C(C)C)CCC=C(C)C. The molecule has 0 aliphatic heterocycles. The van der Waals surface area contributed by atoms with Gasteiger partial charge in [0, 0.05) is 0 Å². The van der Waals surface area contributed by atoms with Gasteiger partial charge in [0.05, 0.1) is 0 Å². The van der Waals surface area contributed by atoms with Crippen LogP contribution in [-0.2, 0) is 0 Å². The minimum Gasteiger partial charge on any atom is -0.0998 e. The van der Waals surface area contributed by atoms with Gasteiger partial charge in [-0.25, -0.2) is 0 Å². The Balaban J connectivity index is 3.74. The third-order valence-electron chi connectivity index (χ3n) is 3.09. The molecule has 20 heavy (non-hydrogen) atoms. The molecule has 0 bridgehead atoms. The summed E-state index contributed by atoms with van der Waals surface area (Å²) in [4.78, 5) is 0. The van der Waals surface area contributed by atoms with Crippen molar-refractivity contribution in [2.45, 2.75) is 66.2 Å². The Morgan fingerprint density at radius 3 is 1.80 bits per heavy atom. The monoisotopic (exact) mass is 272 g/mol. The number of allylic oxidation sites excluding steroid dienone is 8. The van der Waals surface area contributed by atoms with E-state index in [-0.39, 0.29) is 0 Å². The van der Waals surface area contributed by atoms with E-state index in [9.17, 15) is 0 Å². The second-order valence-corrected chi connectivity index (χ2v) is 5.99. The van der Waals surface area contributed by atoms with Gasteiger partial charge < -0.3 is 0 Å². The topological polar surface area (TPSA) is 0 Å². The van der Waals surface area contributed by atoms with Gasteiger partial charge in [0.25, 0.3) is 0 Å². The minimum atomic E-state index is 1.06. The number of hydrogen-bond acceptors (Lipinski definition) is 0. The van der Waals surface area contributed by atoms with E-state index in [2.05, 4.69) is 65.2 Å². The van der Waals surface area contributed by atoms with Crippen molar-refractivity contribution in [3.05, 3.63) is 59.8 Å². The molecule has 0 N–H and O–H groups in total. The van der Waals surface area contributed by atoms with Gasteiger partial charge in [0.15, 0.2) is 0 Å². The summed E-state index contributed by atoms with van der Waals surface area (Å²) in [5, 5.41) is 0. The fourth-order valence-corrected chi connectivity index (χ4v) is 1.86. The third-order valence-corrected chi connectivity index (χ3v) is 3.09. The molecule has 112 valence electrons. The van der Waals surface area contributed by atoms with Crippen LogP contribution in [-0.4, -0.2) is 0 Å². The molecule has 0 unspecified atom stereocenters. The molecule has 0 heterocycles. The smallest absolute Gasteiger partial charge is 0.0250 e. The van der Waals surface area contributed by atoms with Crippen molar-refractivity contribution in [3.8, 4) is 0 Å². The van der Waals surface area contributed by atoms with Crippen molar-refractivity contribution in [3.63, 3.8) is 0 Å². The Labute approximate surface area is 126 Å². The molecule has 0 fully saturated rings. The van der Waals surface area contributed by atoms with Gasteiger partial charge in [-0.2, -0.15) is 0 Å². The lowest BCUT2D eigenvalue weighted by Crippen LogP contribution is -1.82. The van der Waals surface area contributed by atoms with Crippen molar-refractivity contribution < 1.29 is 0 Å². The quantitative estimate of drug-likeness (QED) is 0.299. The largest absolute Gasteiger partial charge is 0.0998 e. The van der Waals surface area contributed by atoms with Crippen LogP contribution in [0, 0.1) is 0 Å². The second-order valence-electron chi connectivity index (χ2n) is 5.99. The lowest BCUT2D eigenvalue weighted by Gasteiger charge is -2.02. The van der Waals surface area contributed by atoms with Gasteiger partial charge in [0.2, 0.25) is 0 Å². The van der Waals surface area contributed by atoms with E-state index in [1.54, 1.807) is 0 Å². The van der Waals surface area contributed by atoms with Crippen LogP contribution in [0.3, 0.4) is 0 Å². The van der Waals surface area contributed by atoms with E-state index in [4.69, 9.17) is 0 Å². The van der Waals surface area contributed by atoms with Gasteiger partial charge in [-0.05, 0) is 66.2 Å². The number of hydrogen-bond donors (Lipinski definition) is 0. The molecule has 0 aliphatic rings. The van der Waals surface area contributed by atoms with Crippen LogP contribution in [0.25, 0.3) is 0 Å². The lowest BCUT2D eigenvalue weighted by molar-refractivity contribution is 0.865. The molecule has 0 aromatic heterocycles. The van der Waals surface area contributed by atoms with Gasteiger partial charge >= 0.3 is 0 Å². The van der Waals surface area contributed by atoms with E-state index < -0.39 is 0 Å². The lowest BCUT2D eigenvalue weighted by atomic mass is 10.0. The van der Waals surface area contributed by atoms with Crippen LogP contribution in [0.4, 0.5) is 0 Å². The highest BCUT2D eigenvalue weighted by atomic mass is 14.0. The Morgan fingerprint density at radius 2 is 1.25 bits per heavy atom. The molecule has 0 rings (SSSR count). The molecule has 0 aromatic rings. The van der Waals surface area contributed by atoms with E-state index in [0.717, 1.165) is 38.5 Å². The Bertz CT molecular complexity index is 380. The van der Waals surface area contributed by atoms with Crippen molar-refractivity contribution in [1.82, 2.24) is 0 Å². The Morgan fingerprint density at radius 1 is 0.750 bits per heavy atom. The van der Waals surface area contributed by atoms with Crippen LogP contribution >= 0.6 is 0 Å². The predicted octanol–water partition coefficient (Wildman–Crippen LogP) is 6.93. The molecule has 0 radical (unpaired) electrons. The highest BCUT2D eigenvalue weighted by molar-refractivity contribution is 5.15. The van der Waals surface area contributed by atoms with Crippen LogP contribution in [0.2, 0.25) is 0 Å². The minimum absolute atomic E-state index is 1.06. The van der Waals surface area contributed by atoms with Crippen LogP contribution in [0.1, 0.15) is 66.2 Å². The van der Waals surface area contributed by atoms with Gasteiger partial charge in [0.1, 0.15) is 0 Å². The number of rotatable bonds is 10. The molecule has 0 spiro atoms. The summed E-state index contributed by atoms with van der Waals surface area (Å²) < 4.78 is 0. The third kappa shape index (κ3) is 13.1. The summed E-state index contributed by atoms with van der Waals surface area (Å²) in [6, 6.07) is 0. The van der Waals surface area contributed by atoms with Crippen molar-refractivity contribution in [2.24, 2.45) is 0 Å². The first-order valence-corrected chi connectivity index (χ1v) is 7.69. The predicted molar refractivity (Wildman–Crippen MR) is 94.0 cm³/mol. The van der Waals surface area contributed by atoms with E-state index >= 15 is 0 Å². The zero-order valence-electron chi connectivity index (χ0n) is 14.0. The molecular formula is C20H32. The summed E-state index contributed by atoms with van der Waals surface area (Å²) in [6.45, 7) is 16.8. The summed E-state index contributed by atoms with van der Waals surface area (Å²) in [5.41, 5.74) is 5.35. The summed E-state index contributed by atoms with van der Waals surface area (Å²) in [6.07, 6.45) is 15.5. The Kier molecular flexibility index (Phi) is 10.8. The first-order valence-electron chi connectivity index (χ1n) is 7.69. The fraction of sp³-hybridized carbons (Fsp3) is 0.500. The van der Waals surface area contributed by atoms with Crippen LogP contribution < -0.4 is 0 Å². The molecular weight excluding hydrogens is 240 g/mol. The molecule has 0 atom stereocenters. The van der Waals surface area contributed by atoms with Gasteiger partial charge in [-0.3, -0.25) is 0 Å². The van der Waals surface area contributed by atoms with Gasteiger partial charge in [-0.1, -0.05) is 59.8 Å². The average molecular weight is 272 g/mol. The van der Waals surface area contributed by atoms with Crippen molar-refractivity contribution in [2.75, 3.05) is 0 Å². The van der Waals surface area contributed by atoms with E-state index in [1.807, 2.05) is 0 Å². The molecule has 0 heteroatoms. The van der Waals surface area contributed by atoms with E-state index in [0.29, 0.717) is 0 Å². The first kappa shape index (κ1) is 18.7. The first-order chi connectivity index (χ1) is 9.41.